The van der Waals surface area contributed by atoms with Crippen LogP contribution in [0, 0.1) is 13.8 Å². The molecule has 0 saturated heterocycles. The largest absolute Gasteiger partial charge is 0.548 e. The first kappa shape index (κ1) is 26.0. The summed E-state index contributed by atoms with van der Waals surface area (Å²) in [6.45, 7) is 3.19. The first-order chi connectivity index (χ1) is 17.7. The third-order valence-electron chi connectivity index (χ3n) is 6.21. The summed E-state index contributed by atoms with van der Waals surface area (Å²) < 4.78 is 11.3. The van der Waals surface area contributed by atoms with E-state index in [1.807, 2.05) is 37.3 Å². The molecule has 0 saturated carbocycles. The fourth-order valence-electron chi connectivity index (χ4n) is 4.16. The van der Waals surface area contributed by atoms with Gasteiger partial charge in [0.1, 0.15) is 11.3 Å². The predicted octanol–water partition coefficient (Wildman–Crippen LogP) is 3.51. The second-order valence-corrected chi connectivity index (χ2v) is 9.22. The molecule has 1 amide bonds. The van der Waals surface area contributed by atoms with Crippen molar-refractivity contribution in [2.45, 2.75) is 32.7 Å². The van der Waals surface area contributed by atoms with Crippen molar-refractivity contribution >= 4 is 34.4 Å². The highest BCUT2D eigenvalue weighted by molar-refractivity contribution is 6.30. The van der Waals surface area contributed by atoms with E-state index in [-0.39, 0.29) is 6.42 Å². The van der Waals surface area contributed by atoms with Crippen molar-refractivity contribution in [3.8, 4) is 5.75 Å². The van der Waals surface area contributed by atoms with Crippen molar-refractivity contribution in [3.63, 3.8) is 0 Å². The molecule has 1 aromatic heterocycles. The lowest BCUT2D eigenvalue weighted by Gasteiger charge is -2.20. The number of aliphatic carboxylic acids is 1. The van der Waals surface area contributed by atoms with Crippen molar-refractivity contribution in [1.82, 2.24) is 5.32 Å². The van der Waals surface area contributed by atoms with Gasteiger partial charge in [-0.3, -0.25) is 4.79 Å². The van der Waals surface area contributed by atoms with Crippen LogP contribution in [0.15, 0.2) is 75.9 Å². The van der Waals surface area contributed by atoms with E-state index in [2.05, 4.69) is 5.32 Å². The van der Waals surface area contributed by atoms with Crippen LogP contribution in [-0.4, -0.2) is 24.5 Å². The highest BCUT2D eigenvalue weighted by Crippen LogP contribution is 2.30. The molecular weight excluding hydrogens is 494 g/mol. The van der Waals surface area contributed by atoms with E-state index in [0.29, 0.717) is 39.5 Å². The smallest absolute Gasteiger partial charge is 0.340 e. The molecule has 3 aromatic carbocycles. The molecule has 4 aromatic rings. The number of carboxylic acids is 1. The number of rotatable bonds is 9. The fraction of sp³-hybridized carbons (Fsp3) is 0.207. The topological polar surface area (TPSA) is 109 Å². The average Bonchev–Trinajstić information content (AvgIpc) is 2.88. The maximum absolute atomic E-state index is 12.8. The molecular formula is C29H25ClNO6-. The lowest BCUT2D eigenvalue weighted by Crippen LogP contribution is -2.50. The third kappa shape index (κ3) is 6.19. The minimum atomic E-state index is -1.41. The van der Waals surface area contributed by atoms with Crippen LogP contribution in [0.3, 0.4) is 0 Å². The maximum atomic E-state index is 12.8. The predicted molar refractivity (Wildman–Crippen MR) is 139 cm³/mol. The van der Waals surface area contributed by atoms with Crippen LogP contribution >= 0.6 is 11.6 Å². The normalized spacial score (nSPS) is 11.8. The zero-order valence-corrected chi connectivity index (χ0v) is 21.1. The Balaban J connectivity index is 1.47. The molecule has 37 heavy (non-hydrogen) atoms. The second kappa shape index (κ2) is 11.3. The molecule has 1 N–H and O–H groups in total. The van der Waals surface area contributed by atoms with Gasteiger partial charge in [0.2, 0.25) is 0 Å². The van der Waals surface area contributed by atoms with Gasteiger partial charge in [0.05, 0.1) is 12.0 Å². The standard InChI is InChI=1S/C29H26ClNO6/c1-17-22-12-13-25(18(2)27(22)37-29(35)23(17)14-19-6-4-3-5-7-19)36-16-26(32)31-24(28(33)34)15-20-8-10-21(30)11-9-20/h3-13,24H,14-16H2,1-2H3,(H,31,32)(H,33,34)/p-1/t24-/m0/s1. The van der Waals surface area contributed by atoms with Gasteiger partial charge in [-0.15, -0.1) is 0 Å². The Morgan fingerprint density at radius 1 is 0.973 bits per heavy atom. The van der Waals surface area contributed by atoms with E-state index in [0.717, 1.165) is 16.5 Å². The van der Waals surface area contributed by atoms with Gasteiger partial charge in [0.15, 0.2) is 6.61 Å². The third-order valence-corrected chi connectivity index (χ3v) is 6.46. The van der Waals surface area contributed by atoms with Crippen molar-refractivity contribution < 1.29 is 23.8 Å². The second-order valence-electron chi connectivity index (χ2n) is 8.78. The Morgan fingerprint density at radius 2 is 1.68 bits per heavy atom. The number of aryl methyl sites for hydroxylation is 2. The van der Waals surface area contributed by atoms with Crippen molar-refractivity contribution in [3.05, 3.63) is 110 Å². The van der Waals surface area contributed by atoms with Crippen LogP contribution in [0.4, 0.5) is 0 Å². The number of carbonyl (C=O) groups is 2. The highest BCUT2D eigenvalue weighted by atomic mass is 35.5. The Morgan fingerprint density at radius 3 is 2.35 bits per heavy atom. The molecule has 4 rings (SSSR count). The number of benzene rings is 3. The summed E-state index contributed by atoms with van der Waals surface area (Å²) in [6, 6.07) is 18.6. The maximum Gasteiger partial charge on any atom is 0.340 e. The molecule has 0 radical (unpaired) electrons. The van der Waals surface area contributed by atoms with Gasteiger partial charge in [0, 0.05) is 28.0 Å². The number of nitrogens with one attached hydrogen (secondary N) is 1. The zero-order chi connectivity index (χ0) is 26.5. The molecule has 8 heteroatoms. The Hall–Kier alpha value is -4.10. The molecule has 7 nitrogen and oxygen atoms in total. The Labute approximate surface area is 218 Å². The fourth-order valence-corrected chi connectivity index (χ4v) is 4.29. The summed E-state index contributed by atoms with van der Waals surface area (Å²) in [7, 11) is 0. The lowest BCUT2D eigenvalue weighted by atomic mass is 9.98. The van der Waals surface area contributed by atoms with Crippen molar-refractivity contribution in [2.75, 3.05) is 6.61 Å². The minimum absolute atomic E-state index is 0.0377. The summed E-state index contributed by atoms with van der Waals surface area (Å²) in [5.41, 5.74) is 3.61. The number of fused-ring (bicyclic) bond motifs is 1. The van der Waals surface area contributed by atoms with Gasteiger partial charge in [-0.2, -0.15) is 0 Å². The van der Waals surface area contributed by atoms with E-state index in [1.54, 1.807) is 43.3 Å². The van der Waals surface area contributed by atoms with Crippen LogP contribution in [0.2, 0.25) is 5.02 Å². The molecule has 0 aliphatic carbocycles. The van der Waals surface area contributed by atoms with Gasteiger partial charge in [-0.1, -0.05) is 54.1 Å². The molecule has 0 unspecified atom stereocenters. The molecule has 0 fully saturated rings. The number of carbonyl (C=O) groups excluding carboxylic acids is 2. The van der Waals surface area contributed by atoms with Crippen LogP contribution in [0.1, 0.15) is 27.8 Å². The van der Waals surface area contributed by atoms with Gasteiger partial charge in [-0.05, 0) is 61.2 Å². The summed E-state index contributed by atoms with van der Waals surface area (Å²) >= 11 is 5.86. The molecule has 0 aliphatic heterocycles. The lowest BCUT2D eigenvalue weighted by molar-refractivity contribution is -0.308. The van der Waals surface area contributed by atoms with Crippen LogP contribution < -0.4 is 20.8 Å². The van der Waals surface area contributed by atoms with Crippen LogP contribution in [0.5, 0.6) is 5.75 Å². The average molecular weight is 519 g/mol. The summed E-state index contributed by atoms with van der Waals surface area (Å²) in [4.78, 5) is 36.8. The molecule has 0 bridgehead atoms. The first-order valence-corrected chi connectivity index (χ1v) is 12.1. The summed E-state index contributed by atoms with van der Waals surface area (Å²) in [5.74, 6) is -1.68. The van der Waals surface area contributed by atoms with Crippen molar-refractivity contribution in [1.29, 1.82) is 0 Å². The van der Waals surface area contributed by atoms with Gasteiger partial charge in [0.25, 0.3) is 5.91 Å². The number of hydrogen-bond donors (Lipinski definition) is 1. The number of ether oxygens (including phenoxy) is 1. The molecule has 0 aliphatic rings. The quantitative estimate of drug-likeness (QED) is 0.340. The van der Waals surface area contributed by atoms with Gasteiger partial charge in [-0.25, -0.2) is 4.79 Å². The molecule has 0 spiro atoms. The molecule has 1 atom stereocenters. The molecule has 1 heterocycles. The van der Waals surface area contributed by atoms with E-state index in [1.165, 1.54) is 0 Å². The highest BCUT2D eigenvalue weighted by Gasteiger charge is 2.18. The Kier molecular flexibility index (Phi) is 7.94. The Bertz CT molecular complexity index is 1500. The monoisotopic (exact) mass is 518 g/mol. The summed E-state index contributed by atoms with van der Waals surface area (Å²) in [6.07, 6.45) is 0.494. The van der Waals surface area contributed by atoms with Crippen LogP contribution in [0.25, 0.3) is 11.0 Å². The minimum Gasteiger partial charge on any atom is -0.548 e. The number of amides is 1. The molecule has 190 valence electrons. The number of halogens is 1. The first-order valence-electron chi connectivity index (χ1n) is 11.7. The number of hydrogen-bond acceptors (Lipinski definition) is 6. The van der Waals surface area contributed by atoms with E-state index in [4.69, 9.17) is 20.8 Å². The van der Waals surface area contributed by atoms with Gasteiger partial charge >= 0.3 is 5.63 Å². The summed E-state index contributed by atoms with van der Waals surface area (Å²) in [5, 5.41) is 15.3. The van der Waals surface area contributed by atoms with E-state index >= 15 is 0 Å². The van der Waals surface area contributed by atoms with Gasteiger partial charge < -0.3 is 24.4 Å². The van der Waals surface area contributed by atoms with E-state index in [9.17, 15) is 19.5 Å². The van der Waals surface area contributed by atoms with E-state index < -0.39 is 30.2 Å². The van der Waals surface area contributed by atoms with Crippen molar-refractivity contribution in [2.24, 2.45) is 0 Å². The van der Waals surface area contributed by atoms with Crippen LogP contribution in [-0.2, 0) is 22.4 Å². The zero-order valence-electron chi connectivity index (χ0n) is 20.4. The SMILES string of the molecule is Cc1c(Cc2ccccc2)c(=O)oc2c(C)c(OCC(=O)N[C@@H](Cc3ccc(Cl)cc3)C(=O)[O-])ccc12. The number of carboxylic acid groups (broad SMARTS) is 1.